The summed E-state index contributed by atoms with van der Waals surface area (Å²) in [5.41, 5.74) is 3.63. The molecule has 0 spiro atoms. The molecule has 0 saturated carbocycles. The second kappa shape index (κ2) is 5.84. The summed E-state index contributed by atoms with van der Waals surface area (Å²) >= 11 is 0. The molecule has 0 amide bonds. The van der Waals surface area contributed by atoms with Crippen molar-refractivity contribution < 1.29 is 8.42 Å². The highest BCUT2D eigenvalue weighted by Crippen LogP contribution is 2.57. The Balaban J connectivity index is 1.92. The van der Waals surface area contributed by atoms with E-state index in [0.29, 0.717) is 0 Å². The number of benzene rings is 1. The number of aromatic amines is 1. The summed E-state index contributed by atoms with van der Waals surface area (Å²) in [6.45, 7) is 11.0. The molecule has 0 radical (unpaired) electrons. The fourth-order valence-electron chi connectivity index (χ4n) is 6.33. The average molecular weight is 389 g/mol. The molecule has 2 aliphatic rings. The van der Waals surface area contributed by atoms with Crippen molar-refractivity contribution in [1.82, 2.24) is 9.88 Å². The van der Waals surface area contributed by atoms with Crippen molar-refractivity contribution in [3.8, 4) is 0 Å². The number of hydrogen-bond donors (Lipinski definition) is 1. The third-order valence-electron chi connectivity index (χ3n) is 7.26. The number of likely N-dealkylation sites (tertiary alicyclic amines) is 1. The van der Waals surface area contributed by atoms with Crippen molar-refractivity contribution in [2.45, 2.75) is 57.9 Å². The molecule has 1 fully saturated rings. The number of hydrogen-bond acceptors (Lipinski definition) is 3. The van der Waals surface area contributed by atoms with E-state index in [0.717, 1.165) is 32.4 Å². The summed E-state index contributed by atoms with van der Waals surface area (Å²) in [6.07, 6.45) is 6.53. The molecule has 4 nitrogen and oxygen atoms in total. The minimum Gasteiger partial charge on any atom is -0.361 e. The van der Waals surface area contributed by atoms with E-state index in [1.54, 1.807) is 0 Å². The standard InChI is InChI=1S/C22H32N2O2S/c1-6-10-24-14-20(2,15-27(5,25)26)13-21(3)17-8-7-9-18-19(17)16(12-23-18)11-22(21,24)4/h7-9,12,23H,6,10-11,13-15H2,1-5H3/t20-,21-,22?/m1/s1. The van der Waals surface area contributed by atoms with Crippen LogP contribution in [-0.2, 0) is 21.7 Å². The first-order valence-electron chi connectivity index (χ1n) is 10.0. The van der Waals surface area contributed by atoms with Crippen molar-refractivity contribution in [2.24, 2.45) is 5.41 Å². The SMILES string of the molecule is CCCN1C[C@](C)(CS(C)(=O)=O)C[C@]2(C)c3cccc4[nH]cc(c34)CC12C. The number of H-pyrrole nitrogens is 1. The van der Waals surface area contributed by atoms with Gasteiger partial charge in [0.25, 0.3) is 0 Å². The summed E-state index contributed by atoms with van der Waals surface area (Å²) in [5, 5.41) is 1.36. The topological polar surface area (TPSA) is 53.2 Å². The zero-order valence-electron chi connectivity index (χ0n) is 17.2. The molecule has 1 unspecified atom stereocenters. The van der Waals surface area contributed by atoms with Gasteiger partial charge < -0.3 is 4.98 Å². The van der Waals surface area contributed by atoms with E-state index in [2.05, 4.69) is 62.0 Å². The van der Waals surface area contributed by atoms with Gasteiger partial charge in [-0.25, -0.2) is 8.42 Å². The maximum Gasteiger partial charge on any atom is 0.148 e. The Bertz CT molecular complexity index is 995. The Kier molecular flexibility index (Phi) is 4.11. The van der Waals surface area contributed by atoms with E-state index >= 15 is 0 Å². The van der Waals surface area contributed by atoms with Crippen LogP contribution in [0.2, 0.25) is 0 Å². The minimum atomic E-state index is -3.04. The van der Waals surface area contributed by atoms with Crippen molar-refractivity contribution in [2.75, 3.05) is 25.1 Å². The lowest BCUT2D eigenvalue weighted by molar-refractivity contribution is -0.0631. The Morgan fingerprint density at radius 2 is 1.96 bits per heavy atom. The number of nitrogens with one attached hydrogen (secondary N) is 1. The summed E-state index contributed by atoms with van der Waals surface area (Å²) < 4.78 is 24.5. The summed E-state index contributed by atoms with van der Waals surface area (Å²) in [5.74, 6) is 0.252. The van der Waals surface area contributed by atoms with E-state index < -0.39 is 9.84 Å². The second-order valence-electron chi connectivity index (χ2n) is 9.80. The molecule has 148 valence electrons. The molecular weight excluding hydrogens is 356 g/mol. The van der Waals surface area contributed by atoms with Gasteiger partial charge in [-0.05, 0) is 55.3 Å². The van der Waals surface area contributed by atoms with Crippen molar-refractivity contribution in [1.29, 1.82) is 0 Å². The molecule has 1 aliphatic heterocycles. The molecule has 1 N–H and O–H groups in total. The number of nitrogens with zero attached hydrogens (tertiary/aromatic N) is 1. The molecule has 27 heavy (non-hydrogen) atoms. The average Bonchev–Trinajstić information content (AvgIpc) is 2.93. The van der Waals surface area contributed by atoms with Gasteiger partial charge >= 0.3 is 0 Å². The lowest BCUT2D eigenvalue weighted by Crippen LogP contribution is -2.69. The zero-order valence-corrected chi connectivity index (χ0v) is 18.0. The van der Waals surface area contributed by atoms with Gasteiger partial charge in [-0.2, -0.15) is 0 Å². The van der Waals surface area contributed by atoms with Gasteiger partial charge in [0.2, 0.25) is 0 Å². The van der Waals surface area contributed by atoms with Crippen molar-refractivity contribution in [3.05, 3.63) is 35.5 Å². The molecule has 1 aromatic heterocycles. The fraction of sp³-hybridized carbons (Fsp3) is 0.636. The number of aromatic nitrogens is 1. The molecule has 5 heteroatoms. The predicted octanol–water partition coefficient (Wildman–Crippen LogP) is 3.91. The molecular formula is C22H32N2O2S. The van der Waals surface area contributed by atoms with Gasteiger partial charge in [-0.15, -0.1) is 0 Å². The third-order valence-corrected chi connectivity index (χ3v) is 8.48. The van der Waals surface area contributed by atoms with Gasteiger partial charge in [-0.1, -0.05) is 32.9 Å². The van der Waals surface area contributed by atoms with Gasteiger partial charge in [-0.3, -0.25) is 4.90 Å². The normalized spacial score (nSPS) is 34.0. The van der Waals surface area contributed by atoms with Gasteiger partial charge in [0.15, 0.2) is 0 Å². The van der Waals surface area contributed by atoms with Crippen LogP contribution in [0.5, 0.6) is 0 Å². The van der Waals surface area contributed by atoms with Crippen LogP contribution >= 0.6 is 0 Å². The second-order valence-corrected chi connectivity index (χ2v) is 11.9. The van der Waals surface area contributed by atoms with Crippen molar-refractivity contribution in [3.63, 3.8) is 0 Å². The fourth-order valence-corrected chi connectivity index (χ4v) is 7.79. The molecule has 1 aliphatic carbocycles. The number of rotatable bonds is 4. The summed E-state index contributed by atoms with van der Waals surface area (Å²) in [7, 11) is -3.04. The smallest absolute Gasteiger partial charge is 0.148 e. The maximum atomic E-state index is 12.2. The predicted molar refractivity (Wildman–Crippen MR) is 112 cm³/mol. The van der Waals surface area contributed by atoms with Crippen LogP contribution in [0.4, 0.5) is 0 Å². The zero-order chi connectivity index (χ0) is 19.7. The number of piperidine rings is 1. The maximum absolute atomic E-state index is 12.2. The highest BCUT2D eigenvalue weighted by atomic mass is 32.2. The molecule has 2 heterocycles. The van der Waals surface area contributed by atoms with Gasteiger partial charge in [0.1, 0.15) is 9.84 Å². The van der Waals surface area contributed by atoms with Crippen LogP contribution in [0.15, 0.2) is 24.4 Å². The molecule has 4 rings (SSSR count). The lowest BCUT2D eigenvalue weighted by Gasteiger charge is -2.63. The Hall–Kier alpha value is -1.33. The largest absolute Gasteiger partial charge is 0.361 e. The monoisotopic (exact) mass is 388 g/mol. The van der Waals surface area contributed by atoms with E-state index in [-0.39, 0.29) is 22.1 Å². The summed E-state index contributed by atoms with van der Waals surface area (Å²) in [4.78, 5) is 6.05. The van der Waals surface area contributed by atoms with Crippen LogP contribution in [0, 0.1) is 5.41 Å². The molecule has 3 atom stereocenters. The van der Waals surface area contributed by atoms with Gasteiger partial charge in [0, 0.05) is 40.9 Å². The van der Waals surface area contributed by atoms with Crippen molar-refractivity contribution >= 4 is 20.7 Å². The first-order chi connectivity index (χ1) is 12.5. The van der Waals surface area contributed by atoms with Crippen LogP contribution in [0.3, 0.4) is 0 Å². The Labute approximate surface area is 163 Å². The van der Waals surface area contributed by atoms with E-state index in [1.807, 2.05) is 0 Å². The van der Waals surface area contributed by atoms with Gasteiger partial charge in [0.05, 0.1) is 5.75 Å². The first-order valence-corrected chi connectivity index (χ1v) is 12.1. The highest BCUT2D eigenvalue weighted by molar-refractivity contribution is 7.90. The Morgan fingerprint density at radius 3 is 2.63 bits per heavy atom. The van der Waals surface area contributed by atoms with E-state index in [9.17, 15) is 8.42 Å². The van der Waals surface area contributed by atoms with Crippen LogP contribution in [0.1, 0.15) is 51.7 Å². The molecule has 1 saturated heterocycles. The quantitative estimate of drug-likeness (QED) is 0.864. The highest BCUT2D eigenvalue weighted by Gasteiger charge is 2.59. The van der Waals surface area contributed by atoms with E-state index in [4.69, 9.17) is 0 Å². The number of sulfone groups is 1. The first kappa shape index (κ1) is 19.0. The third kappa shape index (κ3) is 2.77. The minimum absolute atomic E-state index is 0.0104. The van der Waals surface area contributed by atoms with Crippen LogP contribution in [0.25, 0.3) is 10.9 Å². The Morgan fingerprint density at radius 1 is 1.22 bits per heavy atom. The van der Waals surface area contributed by atoms with Crippen LogP contribution < -0.4 is 0 Å². The molecule has 2 aromatic rings. The molecule has 1 aromatic carbocycles. The van der Waals surface area contributed by atoms with Crippen LogP contribution in [-0.4, -0.2) is 48.9 Å². The molecule has 0 bridgehead atoms. The lowest BCUT2D eigenvalue weighted by atomic mass is 9.52. The van der Waals surface area contributed by atoms with E-state index in [1.165, 1.54) is 28.3 Å². The summed E-state index contributed by atoms with van der Waals surface area (Å²) in [6, 6.07) is 6.56. The number of fused-ring (bicyclic) bond motifs is 2.